The molecule has 0 saturated heterocycles. The summed E-state index contributed by atoms with van der Waals surface area (Å²) in [7, 11) is 0. The lowest BCUT2D eigenvalue weighted by Gasteiger charge is -2.11. The zero-order chi connectivity index (χ0) is 13.9. The van der Waals surface area contributed by atoms with Crippen LogP contribution in [0, 0.1) is 0 Å². The fourth-order valence-electron chi connectivity index (χ4n) is 2.31. The standard InChI is InChI=1S/C16H20N4/c1-13(2)17-10-15-6-5-9-19(15)11-14-12-20-8-4-3-7-16(20)18-14/h3-9,12-13,17H,10-11H2,1-2H3. The average molecular weight is 268 g/mol. The van der Waals surface area contributed by atoms with Gasteiger partial charge in [-0.3, -0.25) is 0 Å². The predicted molar refractivity (Wildman–Crippen MR) is 80.7 cm³/mol. The van der Waals surface area contributed by atoms with Gasteiger partial charge in [0.25, 0.3) is 0 Å². The predicted octanol–water partition coefficient (Wildman–Crippen LogP) is 2.68. The zero-order valence-corrected chi connectivity index (χ0v) is 12.0. The van der Waals surface area contributed by atoms with Crippen molar-refractivity contribution in [3.8, 4) is 0 Å². The van der Waals surface area contributed by atoms with E-state index in [2.05, 4.69) is 57.6 Å². The molecule has 1 N–H and O–H groups in total. The van der Waals surface area contributed by atoms with Crippen LogP contribution in [0.1, 0.15) is 25.2 Å². The summed E-state index contributed by atoms with van der Waals surface area (Å²) in [6.45, 7) is 6.02. The van der Waals surface area contributed by atoms with Gasteiger partial charge in [-0.2, -0.15) is 0 Å². The van der Waals surface area contributed by atoms with Crippen molar-refractivity contribution in [2.24, 2.45) is 0 Å². The number of nitrogens with one attached hydrogen (secondary N) is 1. The molecule has 3 rings (SSSR count). The monoisotopic (exact) mass is 268 g/mol. The smallest absolute Gasteiger partial charge is 0.137 e. The molecule has 0 unspecified atom stereocenters. The Morgan fingerprint density at radius 2 is 2.05 bits per heavy atom. The summed E-state index contributed by atoms with van der Waals surface area (Å²) in [5.74, 6) is 0. The maximum Gasteiger partial charge on any atom is 0.137 e. The number of fused-ring (bicyclic) bond motifs is 1. The van der Waals surface area contributed by atoms with E-state index in [1.807, 2.05) is 24.4 Å². The summed E-state index contributed by atoms with van der Waals surface area (Å²) in [5.41, 5.74) is 3.37. The Morgan fingerprint density at radius 1 is 1.15 bits per heavy atom. The van der Waals surface area contributed by atoms with E-state index in [-0.39, 0.29) is 0 Å². The van der Waals surface area contributed by atoms with Crippen molar-refractivity contribution < 1.29 is 0 Å². The van der Waals surface area contributed by atoms with Crippen LogP contribution in [0.2, 0.25) is 0 Å². The van der Waals surface area contributed by atoms with Gasteiger partial charge in [0.1, 0.15) is 5.65 Å². The van der Waals surface area contributed by atoms with Gasteiger partial charge in [0.2, 0.25) is 0 Å². The van der Waals surface area contributed by atoms with Crippen LogP contribution in [0.5, 0.6) is 0 Å². The summed E-state index contributed by atoms with van der Waals surface area (Å²) in [6.07, 6.45) is 6.24. The lowest BCUT2D eigenvalue weighted by Crippen LogP contribution is -2.23. The molecule has 3 aromatic heterocycles. The average Bonchev–Trinajstić information content (AvgIpc) is 3.02. The molecule has 0 aliphatic rings. The number of nitrogens with zero attached hydrogens (tertiary/aromatic N) is 3. The number of rotatable bonds is 5. The van der Waals surface area contributed by atoms with E-state index in [9.17, 15) is 0 Å². The van der Waals surface area contributed by atoms with Gasteiger partial charge >= 0.3 is 0 Å². The van der Waals surface area contributed by atoms with E-state index in [0.717, 1.165) is 24.4 Å². The Morgan fingerprint density at radius 3 is 2.85 bits per heavy atom. The van der Waals surface area contributed by atoms with Gasteiger partial charge in [0.15, 0.2) is 0 Å². The van der Waals surface area contributed by atoms with Crippen molar-refractivity contribution in [1.82, 2.24) is 19.3 Å². The van der Waals surface area contributed by atoms with Gasteiger partial charge in [0.05, 0.1) is 12.2 Å². The normalized spacial score (nSPS) is 11.6. The largest absolute Gasteiger partial charge is 0.344 e. The first-order valence-corrected chi connectivity index (χ1v) is 7.02. The van der Waals surface area contributed by atoms with Gasteiger partial charge in [-0.25, -0.2) is 4.98 Å². The molecule has 0 amide bonds. The molecule has 0 atom stereocenters. The molecular formula is C16H20N4. The fraction of sp³-hybridized carbons (Fsp3) is 0.312. The second-order valence-electron chi connectivity index (χ2n) is 5.36. The topological polar surface area (TPSA) is 34.3 Å². The summed E-state index contributed by atoms with van der Waals surface area (Å²) in [4.78, 5) is 4.65. The van der Waals surface area contributed by atoms with Crippen LogP contribution in [0.3, 0.4) is 0 Å². The van der Waals surface area contributed by atoms with Gasteiger partial charge < -0.3 is 14.3 Å². The Balaban J connectivity index is 1.78. The van der Waals surface area contributed by atoms with Crippen LogP contribution in [-0.4, -0.2) is 20.0 Å². The Bertz CT molecular complexity index is 660. The lowest BCUT2D eigenvalue weighted by molar-refractivity contribution is 0.563. The lowest BCUT2D eigenvalue weighted by atomic mass is 10.3. The minimum absolute atomic E-state index is 0.494. The van der Waals surface area contributed by atoms with Crippen molar-refractivity contribution in [1.29, 1.82) is 0 Å². The summed E-state index contributed by atoms with van der Waals surface area (Å²) < 4.78 is 4.31. The van der Waals surface area contributed by atoms with Crippen LogP contribution in [0.4, 0.5) is 0 Å². The molecule has 4 heteroatoms. The highest BCUT2D eigenvalue weighted by molar-refractivity contribution is 5.39. The number of imidazole rings is 1. The molecule has 4 nitrogen and oxygen atoms in total. The maximum absolute atomic E-state index is 4.65. The molecule has 3 heterocycles. The van der Waals surface area contributed by atoms with Gasteiger partial charge in [0, 0.05) is 36.9 Å². The third-order valence-electron chi connectivity index (χ3n) is 3.36. The minimum atomic E-state index is 0.494. The molecule has 0 aromatic carbocycles. The Labute approximate surface area is 119 Å². The Hall–Kier alpha value is -2.07. The molecule has 3 aromatic rings. The molecule has 104 valence electrons. The summed E-state index contributed by atoms with van der Waals surface area (Å²) >= 11 is 0. The second-order valence-corrected chi connectivity index (χ2v) is 5.36. The first-order chi connectivity index (χ1) is 9.72. The molecule has 0 bridgehead atoms. The first-order valence-electron chi connectivity index (χ1n) is 7.02. The first kappa shape index (κ1) is 12.9. The highest BCUT2D eigenvalue weighted by Gasteiger charge is 2.05. The second kappa shape index (κ2) is 5.51. The van der Waals surface area contributed by atoms with Crippen molar-refractivity contribution in [3.63, 3.8) is 0 Å². The highest BCUT2D eigenvalue weighted by atomic mass is 15.1. The molecule has 0 spiro atoms. The maximum atomic E-state index is 4.65. The quantitative estimate of drug-likeness (QED) is 0.772. The molecule has 20 heavy (non-hydrogen) atoms. The van der Waals surface area contributed by atoms with E-state index >= 15 is 0 Å². The van der Waals surface area contributed by atoms with Crippen molar-refractivity contribution in [3.05, 3.63) is 60.3 Å². The summed E-state index contributed by atoms with van der Waals surface area (Å²) in [5, 5.41) is 3.45. The van der Waals surface area contributed by atoms with Crippen molar-refractivity contribution in [2.45, 2.75) is 33.0 Å². The van der Waals surface area contributed by atoms with E-state index < -0.39 is 0 Å². The molecule has 0 fully saturated rings. The SMILES string of the molecule is CC(C)NCc1cccn1Cc1cn2ccccc2n1. The van der Waals surface area contributed by atoms with E-state index in [1.165, 1.54) is 5.69 Å². The number of hydrogen-bond acceptors (Lipinski definition) is 2. The van der Waals surface area contributed by atoms with Crippen LogP contribution in [0.15, 0.2) is 48.9 Å². The van der Waals surface area contributed by atoms with E-state index in [0.29, 0.717) is 6.04 Å². The van der Waals surface area contributed by atoms with Gasteiger partial charge in [-0.1, -0.05) is 19.9 Å². The Kier molecular flexibility index (Phi) is 3.56. The zero-order valence-electron chi connectivity index (χ0n) is 12.0. The van der Waals surface area contributed by atoms with Crippen LogP contribution in [-0.2, 0) is 13.1 Å². The molecule has 0 aliphatic heterocycles. The van der Waals surface area contributed by atoms with Gasteiger partial charge in [-0.15, -0.1) is 0 Å². The van der Waals surface area contributed by atoms with Crippen molar-refractivity contribution >= 4 is 5.65 Å². The molecule has 0 saturated carbocycles. The highest BCUT2D eigenvalue weighted by Crippen LogP contribution is 2.09. The fourth-order valence-corrected chi connectivity index (χ4v) is 2.31. The number of pyridine rings is 1. The number of aromatic nitrogens is 3. The van der Waals surface area contributed by atoms with Crippen LogP contribution in [0.25, 0.3) is 5.65 Å². The van der Waals surface area contributed by atoms with Crippen LogP contribution >= 0.6 is 0 Å². The van der Waals surface area contributed by atoms with Crippen LogP contribution < -0.4 is 5.32 Å². The van der Waals surface area contributed by atoms with E-state index in [4.69, 9.17) is 0 Å². The third kappa shape index (κ3) is 2.75. The molecular weight excluding hydrogens is 248 g/mol. The van der Waals surface area contributed by atoms with E-state index in [1.54, 1.807) is 0 Å². The number of hydrogen-bond donors (Lipinski definition) is 1. The molecule has 0 radical (unpaired) electrons. The minimum Gasteiger partial charge on any atom is -0.344 e. The molecule has 0 aliphatic carbocycles. The van der Waals surface area contributed by atoms with Crippen molar-refractivity contribution in [2.75, 3.05) is 0 Å². The summed E-state index contributed by atoms with van der Waals surface area (Å²) in [6, 6.07) is 10.8. The van der Waals surface area contributed by atoms with Gasteiger partial charge in [-0.05, 0) is 24.3 Å². The third-order valence-corrected chi connectivity index (χ3v) is 3.36.